The number of esters is 1. The predicted molar refractivity (Wildman–Crippen MR) is 195 cm³/mol. The van der Waals surface area contributed by atoms with E-state index in [-0.39, 0.29) is 19.2 Å². The van der Waals surface area contributed by atoms with Crippen molar-refractivity contribution in [2.24, 2.45) is 0 Å². The van der Waals surface area contributed by atoms with Gasteiger partial charge in [0.15, 0.2) is 0 Å². The van der Waals surface area contributed by atoms with Gasteiger partial charge in [-0.05, 0) is 64.2 Å². The summed E-state index contributed by atoms with van der Waals surface area (Å²) in [6, 6.07) is 0. The van der Waals surface area contributed by atoms with E-state index in [9.17, 15) is 9.90 Å². The molecule has 0 aliphatic carbocycles. The largest absolute Gasteiger partial charge is 0.457 e. The molecule has 0 saturated carbocycles. The molecule has 0 heterocycles. The fraction of sp³-hybridized carbons (Fsp3) is 0.634. The normalized spacial score (nSPS) is 13.4. The van der Waals surface area contributed by atoms with Crippen LogP contribution in [0.25, 0.3) is 0 Å². The number of unbranched alkanes of at least 4 members (excludes halogenated alkanes) is 10. The van der Waals surface area contributed by atoms with Crippen LogP contribution in [0.4, 0.5) is 0 Å². The van der Waals surface area contributed by atoms with Crippen LogP contribution in [0.1, 0.15) is 142 Å². The fourth-order valence-electron chi connectivity index (χ4n) is 4.55. The molecule has 0 aliphatic heterocycles. The summed E-state index contributed by atoms with van der Waals surface area (Å²) in [5, 5.41) is 9.52. The third kappa shape index (κ3) is 35.9. The van der Waals surface area contributed by atoms with Crippen molar-refractivity contribution < 1.29 is 19.4 Å². The molecular weight excluding hydrogens is 556 g/mol. The first kappa shape index (κ1) is 42.6. The van der Waals surface area contributed by atoms with Crippen LogP contribution in [0.3, 0.4) is 0 Å². The average molecular weight is 625 g/mol. The van der Waals surface area contributed by atoms with Gasteiger partial charge in [-0.15, -0.1) is 0 Å². The Morgan fingerprint density at radius 2 is 0.978 bits per heavy atom. The van der Waals surface area contributed by atoms with Crippen LogP contribution in [0.15, 0.2) is 85.1 Å². The van der Waals surface area contributed by atoms with Gasteiger partial charge in [0.1, 0.15) is 6.10 Å². The minimum atomic E-state index is -0.565. The predicted octanol–water partition coefficient (Wildman–Crippen LogP) is 11.6. The quantitative estimate of drug-likeness (QED) is 0.0459. The summed E-state index contributed by atoms with van der Waals surface area (Å²) >= 11 is 0. The highest BCUT2D eigenvalue weighted by Gasteiger charge is 2.13. The standard InChI is InChI=1S/C41H68O4/c1-3-5-7-9-11-13-15-16-17-18-19-20-21-22-23-24-25-26-27-28-30-32-34-36-41(43)45-40(38-42)39-44-37-35-33-31-29-14-12-10-8-6-4-2/h5,7,11,13,16-17,19-20,22-23,25-26,28,30,40,42H,3-4,6,8-10,12,14-15,18,21,24,27,29,31-39H2,1-2H3/b7-5-,13-11-,17-16-,20-19-,23-22-,26-25-,30-28-. The molecule has 0 aliphatic rings. The minimum Gasteiger partial charge on any atom is -0.457 e. The zero-order valence-corrected chi connectivity index (χ0v) is 29.1. The molecule has 45 heavy (non-hydrogen) atoms. The molecule has 0 spiro atoms. The first-order chi connectivity index (χ1) is 22.2. The van der Waals surface area contributed by atoms with Crippen molar-refractivity contribution in [3.8, 4) is 0 Å². The maximum Gasteiger partial charge on any atom is 0.306 e. The fourth-order valence-corrected chi connectivity index (χ4v) is 4.55. The second-order valence-corrected chi connectivity index (χ2v) is 11.6. The SMILES string of the molecule is CC/C=C\C/C=C\C/C=C\C/C=C\C/C=C\C/C=C\C/C=C\CCCC(=O)OC(CO)COCCCCCCCCCCCC. The molecule has 0 bridgehead atoms. The average Bonchev–Trinajstić information content (AvgIpc) is 3.05. The van der Waals surface area contributed by atoms with Crippen molar-refractivity contribution in [2.45, 2.75) is 148 Å². The van der Waals surface area contributed by atoms with Crippen molar-refractivity contribution in [1.82, 2.24) is 0 Å². The number of aliphatic hydroxyl groups is 1. The zero-order valence-electron chi connectivity index (χ0n) is 29.1. The Morgan fingerprint density at radius 1 is 0.556 bits per heavy atom. The molecule has 0 amide bonds. The van der Waals surface area contributed by atoms with Gasteiger partial charge in [0, 0.05) is 13.0 Å². The topological polar surface area (TPSA) is 55.8 Å². The van der Waals surface area contributed by atoms with Gasteiger partial charge >= 0.3 is 5.97 Å². The van der Waals surface area contributed by atoms with E-state index in [1.807, 2.05) is 0 Å². The number of carbonyl (C=O) groups is 1. The highest BCUT2D eigenvalue weighted by molar-refractivity contribution is 5.69. The zero-order chi connectivity index (χ0) is 32.7. The Labute approximate surface area is 278 Å². The molecule has 0 saturated heterocycles. The summed E-state index contributed by atoms with van der Waals surface area (Å²) in [7, 11) is 0. The van der Waals surface area contributed by atoms with Crippen LogP contribution in [0, 0.1) is 0 Å². The molecule has 1 unspecified atom stereocenters. The number of hydrogen-bond acceptors (Lipinski definition) is 4. The lowest BCUT2D eigenvalue weighted by molar-refractivity contribution is -0.154. The van der Waals surface area contributed by atoms with E-state index in [1.54, 1.807) is 0 Å². The van der Waals surface area contributed by atoms with Gasteiger partial charge in [0.05, 0.1) is 13.2 Å². The van der Waals surface area contributed by atoms with Crippen LogP contribution in [0.2, 0.25) is 0 Å². The van der Waals surface area contributed by atoms with Crippen molar-refractivity contribution >= 4 is 5.97 Å². The summed E-state index contributed by atoms with van der Waals surface area (Å²) in [5.41, 5.74) is 0. The first-order valence-electron chi connectivity index (χ1n) is 18.2. The molecule has 0 fully saturated rings. The van der Waals surface area contributed by atoms with Crippen molar-refractivity contribution in [3.05, 3.63) is 85.1 Å². The van der Waals surface area contributed by atoms with Crippen molar-refractivity contribution in [2.75, 3.05) is 19.8 Å². The monoisotopic (exact) mass is 625 g/mol. The maximum absolute atomic E-state index is 12.1. The van der Waals surface area contributed by atoms with Crippen LogP contribution in [-0.2, 0) is 14.3 Å². The van der Waals surface area contributed by atoms with Gasteiger partial charge in [-0.2, -0.15) is 0 Å². The van der Waals surface area contributed by atoms with Gasteiger partial charge in [-0.3, -0.25) is 4.79 Å². The molecule has 4 heteroatoms. The molecule has 0 aromatic rings. The molecular formula is C41H68O4. The molecule has 1 N–H and O–H groups in total. The maximum atomic E-state index is 12.1. The second-order valence-electron chi connectivity index (χ2n) is 11.6. The number of ether oxygens (including phenoxy) is 2. The third-order valence-electron chi connectivity index (χ3n) is 7.23. The highest BCUT2D eigenvalue weighted by Crippen LogP contribution is 2.11. The van der Waals surface area contributed by atoms with Gasteiger partial charge < -0.3 is 14.6 Å². The lowest BCUT2D eigenvalue weighted by Crippen LogP contribution is -2.27. The molecule has 0 aromatic heterocycles. The number of rotatable bonds is 32. The minimum absolute atomic E-state index is 0.199. The van der Waals surface area contributed by atoms with E-state index in [0.29, 0.717) is 13.0 Å². The summed E-state index contributed by atoms with van der Waals surface area (Å²) in [4.78, 5) is 12.1. The van der Waals surface area contributed by atoms with Gasteiger partial charge in [0.25, 0.3) is 0 Å². The van der Waals surface area contributed by atoms with Crippen LogP contribution in [0.5, 0.6) is 0 Å². The van der Waals surface area contributed by atoms with E-state index < -0.39 is 6.10 Å². The van der Waals surface area contributed by atoms with Gasteiger partial charge in [0.2, 0.25) is 0 Å². The molecule has 0 aromatic carbocycles. The Kier molecular flexibility index (Phi) is 35.7. The van der Waals surface area contributed by atoms with Gasteiger partial charge in [-0.25, -0.2) is 0 Å². The van der Waals surface area contributed by atoms with Crippen molar-refractivity contribution in [3.63, 3.8) is 0 Å². The molecule has 256 valence electrons. The molecule has 4 nitrogen and oxygen atoms in total. The molecule has 0 radical (unpaired) electrons. The summed E-state index contributed by atoms with van der Waals surface area (Å²) in [6.07, 6.45) is 52.0. The third-order valence-corrected chi connectivity index (χ3v) is 7.23. The number of hydrogen-bond donors (Lipinski definition) is 1. The summed E-state index contributed by atoms with van der Waals surface area (Å²) < 4.78 is 11.0. The summed E-state index contributed by atoms with van der Waals surface area (Å²) in [6.45, 7) is 5.14. The Balaban J connectivity index is 3.65. The Hall–Kier alpha value is -2.43. The Bertz CT molecular complexity index is 830. The lowest BCUT2D eigenvalue weighted by Gasteiger charge is -2.15. The lowest BCUT2D eigenvalue weighted by atomic mass is 10.1. The van der Waals surface area contributed by atoms with Gasteiger partial charge in [-0.1, -0.05) is 157 Å². The smallest absolute Gasteiger partial charge is 0.306 e. The van der Waals surface area contributed by atoms with E-state index in [0.717, 1.165) is 64.2 Å². The van der Waals surface area contributed by atoms with E-state index in [2.05, 4.69) is 98.9 Å². The number of carbonyl (C=O) groups excluding carboxylic acids is 1. The number of aliphatic hydroxyl groups excluding tert-OH is 1. The van der Waals surface area contributed by atoms with Crippen LogP contribution in [-0.4, -0.2) is 37.0 Å². The molecule has 1 atom stereocenters. The molecule has 0 rings (SSSR count). The van der Waals surface area contributed by atoms with Crippen LogP contribution < -0.4 is 0 Å². The van der Waals surface area contributed by atoms with E-state index in [1.165, 1.54) is 57.8 Å². The highest BCUT2D eigenvalue weighted by atomic mass is 16.6. The van der Waals surface area contributed by atoms with Crippen LogP contribution >= 0.6 is 0 Å². The Morgan fingerprint density at radius 3 is 1.42 bits per heavy atom. The summed E-state index contributed by atoms with van der Waals surface area (Å²) in [5.74, 6) is -0.262. The van der Waals surface area contributed by atoms with E-state index >= 15 is 0 Å². The second kappa shape index (κ2) is 37.8. The number of allylic oxidation sites excluding steroid dienone is 14. The van der Waals surface area contributed by atoms with E-state index in [4.69, 9.17) is 9.47 Å². The first-order valence-corrected chi connectivity index (χ1v) is 18.2. The van der Waals surface area contributed by atoms with Crippen molar-refractivity contribution in [1.29, 1.82) is 0 Å².